The molecule has 0 unspecified atom stereocenters. The van der Waals surface area contributed by atoms with Gasteiger partial charge in [-0.25, -0.2) is 9.18 Å². The number of nitrogens with zero attached hydrogens (tertiary/aromatic N) is 2. The molecular formula is C18H23FN4O2. The van der Waals surface area contributed by atoms with Crippen LogP contribution in [0.3, 0.4) is 0 Å². The number of nitrogens with one attached hydrogen (secondary N) is 2. The molecule has 0 radical (unpaired) electrons. The fourth-order valence-corrected chi connectivity index (χ4v) is 2.83. The first-order valence-corrected chi connectivity index (χ1v) is 8.57. The Kier molecular flexibility index (Phi) is 5.21. The first kappa shape index (κ1) is 17.3. The lowest BCUT2D eigenvalue weighted by molar-refractivity contribution is 0.250. The summed E-state index contributed by atoms with van der Waals surface area (Å²) >= 11 is 0. The molecule has 1 saturated heterocycles. The molecule has 6 nitrogen and oxygen atoms in total. The molecule has 2 heterocycles. The number of benzene rings is 1. The van der Waals surface area contributed by atoms with E-state index in [1.807, 2.05) is 19.9 Å². The van der Waals surface area contributed by atoms with Crippen LogP contribution in [-0.4, -0.2) is 24.3 Å². The first-order valence-electron chi connectivity index (χ1n) is 8.57. The molecule has 134 valence electrons. The summed E-state index contributed by atoms with van der Waals surface area (Å²) in [5.41, 5.74) is 2.07. The molecule has 2 N–H and O–H groups in total. The smallest absolute Gasteiger partial charge is 0.319 e. The summed E-state index contributed by atoms with van der Waals surface area (Å²) < 4.78 is 19.0. The zero-order valence-electron chi connectivity index (χ0n) is 14.5. The fourth-order valence-electron chi connectivity index (χ4n) is 2.83. The molecular weight excluding hydrogens is 323 g/mol. The highest BCUT2D eigenvalue weighted by Gasteiger charge is 2.15. The molecule has 0 bridgehead atoms. The van der Waals surface area contributed by atoms with E-state index in [0.29, 0.717) is 11.4 Å². The number of hydrogen-bond acceptors (Lipinski definition) is 4. The lowest BCUT2D eigenvalue weighted by Gasteiger charge is -2.18. The minimum atomic E-state index is -0.416. The van der Waals surface area contributed by atoms with Gasteiger partial charge in [-0.3, -0.25) is 0 Å². The number of amides is 2. The number of carbonyl (C=O) groups excluding carboxylic acids is 1. The Balaban J connectivity index is 1.58. The molecule has 1 fully saturated rings. The van der Waals surface area contributed by atoms with Crippen LogP contribution in [0.4, 0.5) is 20.6 Å². The molecule has 25 heavy (non-hydrogen) atoms. The highest BCUT2D eigenvalue weighted by molar-refractivity contribution is 5.89. The van der Waals surface area contributed by atoms with E-state index in [2.05, 4.69) is 20.7 Å². The van der Waals surface area contributed by atoms with Crippen LogP contribution in [0, 0.1) is 5.82 Å². The SMILES string of the molecule is CC(C)c1cc(CNC(=O)Nc2cc(F)cc(N3CCCC3)c2)on1. The van der Waals surface area contributed by atoms with Crippen molar-refractivity contribution >= 4 is 17.4 Å². The second-order valence-corrected chi connectivity index (χ2v) is 6.57. The van der Waals surface area contributed by atoms with Crippen LogP contribution in [-0.2, 0) is 6.54 Å². The second-order valence-electron chi connectivity index (χ2n) is 6.57. The summed E-state index contributed by atoms with van der Waals surface area (Å²) in [6, 6.07) is 6.00. The summed E-state index contributed by atoms with van der Waals surface area (Å²) in [5, 5.41) is 9.30. The summed E-state index contributed by atoms with van der Waals surface area (Å²) in [6.07, 6.45) is 2.21. The van der Waals surface area contributed by atoms with E-state index in [1.54, 1.807) is 6.07 Å². The highest BCUT2D eigenvalue weighted by atomic mass is 19.1. The van der Waals surface area contributed by atoms with Crippen molar-refractivity contribution < 1.29 is 13.7 Å². The van der Waals surface area contributed by atoms with Gasteiger partial charge in [-0.15, -0.1) is 0 Å². The van der Waals surface area contributed by atoms with Gasteiger partial charge >= 0.3 is 6.03 Å². The van der Waals surface area contributed by atoms with Crippen molar-refractivity contribution in [3.63, 3.8) is 0 Å². The molecule has 1 aromatic carbocycles. The van der Waals surface area contributed by atoms with Crippen LogP contribution < -0.4 is 15.5 Å². The van der Waals surface area contributed by atoms with Gasteiger partial charge in [0.2, 0.25) is 0 Å². The van der Waals surface area contributed by atoms with Gasteiger partial charge in [-0.05, 0) is 37.0 Å². The first-order chi connectivity index (χ1) is 12.0. The van der Waals surface area contributed by atoms with Crippen LogP contribution >= 0.6 is 0 Å². The molecule has 2 amide bonds. The standard InChI is InChI=1S/C18H23FN4O2/c1-12(2)17-10-16(25-22-17)11-20-18(24)21-14-7-13(19)8-15(9-14)23-5-3-4-6-23/h7-10,12H,3-6,11H2,1-2H3,(H2,20,21,24). The van der Waals surface area contributed by atoms with E-state index < -0.39 is 6.03 Å². The molecule has 2 aromatic rings. The normalized spacial score (nSPS) is 14.2. The molecule has 7 heteroatoms. The Labute approximate surface area is 146 Å². The number of aromatic nitrogens is 1. The molecule has 0 spiro atoms. The van der Waals surface area contributed by atoms with Crippen LogP contribution in [0.1, 0.15) is 44.1 Å². The van der Waals surface area contributed by atoms with E-state index in [0.717, 1.165) is 37.3 Å². The second kappa shape index (κ2) is 7.55. The van der Waals surface area contributed by atoms with E-state index in [1.165, 1.54) is 12.1 Å². The third-order valence-corrected chi connectivity index (χ3v) is 4.20. The molecule has 1 aromatic heterocycles. The predicted octanol–water partition coefficient (Wildman–Crippen LogP) is 3.86. The Morgan fingerprint density at radius 3 is 2.72 bits per heavy atom. The van der Waals surface area contributed by atoms with Gasteiger partial charge in [-0.2, -0.15) is 0 Å². The number of rotatable bonds is 5. The van der Waals surface area contributed by atoms with E-state index in [9.17, 15) is 9.18 Å². The number of urea groups is 1. The maximum Gasteiger partial charge on any atom is 0.319 e. The van der Waals surface area contributed by atoms with Gasteiger partial charge in [0.05, 0.1) is 12.2 Å². The zero-order valence-corrected chi connectivity index (χ0v) is 14.5. The van der Waals surface area contributed by atoms with Crippen LogP contribution in [0.25, 0.3) is 0 Å². The maximum atomic E-state index is 13.8. The molecule has 0 atom stereocenters. The van der Waals surface area contributed by atoms with Crippen molar-refractivity contribution in [1.82, 2.24) is 10.5 Å². The Morgan fingerprint density at radius 1 is 1.28 bits per heavy atom. The monoisotopic (exact) mass is 346 g/mol. The lowest BCUT2D eigenvalue weighted by atomic mass is 10.1. The third-order valence-electron chi connectivity index (χ3n) is 4.20. The van der Waals surface area contributed by atoms with Crippen molar-refractivity contribution in [2.75, 3.05) is 23.3 Å². The highest BCUT2D eigenvalue weighted by Crippen LogP contribution is 2.25. The summed E-state index contributed by atoms with van der Waals surface area (Å²) in [5.74, 6) is 0.481. The van der Waals surface area contributed by atoms with Crippen molar-refractivity contribution in [3.05, 3.63) is 41.5 Å². The average Bonchev–Trinajstić information content (AvgIpc) is 3.24. The van der Waals surface area contributed by atoms with Crippen LogP contribution in [0.15, 0.2) is 28.8 Å². The van der Waals surface area contributed by atoms with Crippen molar-refractivity contribution in [1.29, 1.82) is 0 Å². The predicted molar refractivity (Wildman–Crippen MR) is 94.3 cm³/mol. The molecule has 0 saturated carbocycles. The summed E-state index contributed by atoms with van der Waals surface area (Å²) in [4.78, 5) is 14.2. The van der Waals surface area contributed by atoms with Crippen molar-refractivity contribution in [2.45, 2.75) is 39.2 Å². The Hall–Kier alpha value is -2.57. The van der Waals surface area contributed by atoms with E-state index >= 15 is 0 Å². The quantitative estimate of drug-likeness (QED) is 0.862. The number of hydrogen-bond donors (Lipinski definition) is 2. The van der Waals surface area contributed by atoms with Gasteiger partial charge in [0.25, 0.3) is 0 Å². The number of halogens is 1. The van der Waals surface area contributed by atoms with Gasteiger partial charge in [0.1, 0.15) is 5.82 Å². The fraction of sp³-hybridized carbons (Fsp3) is 0.444. The molecule has 3 rings (SSSR count). The Morgan fingerprint density at radius 2 is 2.04 bits per heavy atom. The van der Waals surface area contributed by atoms with Crippen LogP contribution in [0.2, 0.25) is 0 Å². The maximum absolute atomic E-state index is 13.8. The molecule has 1 aliphatic rings. The van der Waals surface area contributed by atoms with Gasteiger partial charge in [0.15, 0.2) is 5.76 Å². The number of carbonyl (C=O) groups is 1. The van der Waals surface area contributed by atoms with Crippen molar-refractivity contribution in [2.24, 2.45) is 0 Å². The minimum absolute atomic E-state index is 0.222. The lowest BCUT2D eigenvalue weighted by Crippen LogP contribution is -2.28. The zero-order chi connectivity index (χ0) is 17.8. The Bertz CT molecular complexity index is 738. The summed E-state index contributed by atoms with van der Waals surface area (Å²) in [7, 11) is 0. The average molecular weight is 346 g/mol. The topological polar surface area (TPSA) is 70.4 Å². The molecule has 0 aliphatic carbocycles. The van der Waals surface area contributed by atoms with Crippen LogP contribution in [0.5, 0.6) is 0 Å². The minimum Gasteiger partial charge on any atom is -0.371 e. The van der Waals surface area contributed by atoms with Gasteiger partial charge in [-0.1, -0.05) is 19.0 Å². The largest absolute Gasteiger partial charge is 0.371 e. The van der Waals surface area contributed by atoms with Gasteiger partial charge in [0, 0.05) is 30.5 Å². The number of anilines is 2. The summed E-state index contributed by atoms with van der Waals surface area (Å²) in [6.45, 7) is 6.09. The molecule has 1 aliphatic heterocycles. The third kappa shape index (κ3) is 4.49. The van der Waals surface area contributed by atoms with Crippen molar-refractivity contribution in [3.8, 4) is 0 Å². The van der Waals surface area contributed by atoms with E-state index in [-0.39, 0.29) is 18.3 Å². The van der Waals surface area contributed by atoms with E-state index in [4.69, 9.17) is 4.52 Å². The van der Waals surface area contributed by atoms with Gasteiger partial charge < -0.3 is 20.1 Å².